The van der Waals surface area contributed by atoms with Crippen LogP contribution in [0.25, 0.3) is 0 Å². The quantitative estimate of drug-likeness (QED) is 0.816. The molecule has 7 nitrogen and oxygen atoms in total. The van der Waals surface area contributed by atoms with Crippen LogP contribution in [0.5, 0.6) is 0 Å². The minimum atomic E-state index is -0.526. The van der Waals surface area contributed by atoms with Crippen molar-refractivity contribution in [3.63, 3.8) is 0 Å². The molecule has 4 unspecified atom stereocenters. The van der Waals surface area contributed by atoms with Crippen LogP contribution in [-0.4, -0.2) is 39.4 Å². The molecule has 2 aliphatic carbocycles. The standard InChI is InChI=1S/C18H23N5O2/c1-18(2,3)13(9-24)21-17(25)23-8-10-6-11-14(15(11)16(10)22-23)12-7-19-4-5-20-12/h4-5,7-9,11,13-16,22H,6H2,1-3H3,(H,21,25)/t11?,13?,14-,15?,16?/m1/s1. The van der Waals surface area contributed by atoms with Crippen molar-refractivity contribution in [2.45, 2.75) is 45.2 Å². The summed E-state index contributed by atoms with van der Waals surface area (Å²) in [4.78, 5) is 32.4. The van der Waals surface area contributed by atoms with Gasteiger partial charge >= 0.3 is 6.03 Å². The van der Waals surface area contributed by atoms with Gasteiger partial charge in [-0.1, -0.05) is 20.8 Å². The SMILES string of the molecule is CC(C)(C)C(C=O)NC(=O)N1C=C2CC3C(C2N1)[C@H]3c1cnccn1. The van der Waals surface area contributed by atoms with Gasteiger partial charge in [-0.05, 0) is 29.2 Å². The Morgan fingerprint density at radius 1 is 1.44 bits per heavy atom. The minimum absolute atomic E-state index is 0.173. The maximum atomic E-state index is 12.5. The zero-order chi connectivity index (χ0) is 17.8. The summed E-state index contributed by atoms with van der Waals surface area (Å²) in [5.74, 6) is 1.47. The summed E-state index contributed by atoms with van der Waals surface area (Å²) in [7, 11) is 0. The average Bonchev–Trinajstić information content (AvgIpc) is 2.93. The smallest absolute Gasteiger partial charge is 0.327 e. The Morgan fingerprint density at radius 2 is 2.24 bits per heavy atom. The number of amides is 2. The number of hydrogen-bond acceptors (Lipinski definition) is 5. The van der Waals surface area contributed by atoms with Gasteiger partial charge in [-0.3, -0.25) is 9.97 Å². The van der Waals surface area contributed by atoms with Crippen LogP contribution in [-0.2, 0) is 4.79 Å². The molecular formula is C18H23N5O2. The molecule has 0 spiro atoms. The minimum Gasteiger partial charge on any atom is -0.327 e. The molecule has 5 atom stereocenters. The monoisotopic (exact) mass is 341 g/mol. The van der Waals surface area contributed by atoms with Gasteiger partial charge in [0.25, 0.3) is 0 Å². The molecule has 132 valence electrons. The number of aromatic nitrogens is 2. The van der Waals surface area contributed by atoms with E-state index in [0.29, 0.717) is 17.8 Å². The molecule has 0 bridgehead atoms. The van der Waals surface area contributed by atoms with Gasteiger partial charge in [-0.25, -0.2) is 15.2 Å². The van der Waals surface area contributed by atoms with Crippen molar-refractivity contribution in [1.82, 2.24) is 25.7 Å². The molecule has 0 saturated heterocycles. The summed E-state index contributed by atoms with van der Waals surface area (Å²) in [6.07, 6.45) is 8.90. The van der Waals surface area contributed by atoms with E-state index in [1.807, 2.05) is 33.2 Å². The first-order chi connectivity index (χ1) is 11.9. The predicted octanol–water partition coefficient (Wildman–Crippen LogP) is 1.61. The molecule has 1 aromatic rings. The van der Waals surface area contributed by atoms with Crippen LogP contribution < -0.4 is 10.7 Å². The molecule has 3 aliphatic rings. The molecule has 2 heterocycles. The first-order valence-corrected chi connectivity index (χ1v) is 8.68. The number of aldehydes is 1. The Balaban J connectivity index is 1.41. The Kier molecular flexibility index (Phi) is 3.64. The topological polar surface area (TPSA) is 87.2 Å². The number of fused-ring (bicyclic) bond motifs is 3. The molecule has 2 N–H and O–H groups in total. The van der Waals surface area contributed by atoms with E-state index in [1.165, 1.54) is 10.6 Å². The lowest BCUT2D eigenvalue weighted by Gasteiger charge is -2.28. The highest BCUT2D eigenvalue weighted by atomic mass is 16.2. The van der Waals surface area contributed by atoms with Crippen LogP contribution in [0.1, 0.15) is 38.8 Å². The van der Waals surface area contributed by atoms with Gasteiger partial charge in [-0.2, -0.15) is 0 Å². The van der Waals surface area contributed by atoms with E-state index < -0.39 is 6.04 Å². The van der Waals surface area contributed by atoms with Crippen LogP contribution in [0.3, 0.4) is 0 Å². The van der Waals surface area contributed by atoms with Crippen LogP contribution in [0, 0.1) is 17.3 Å². The average molecular weight is 341 g/mol. The van der Waals surface area contributed by atoms with Crippen molar-refractivity contribution in [2.24, 2.45) is 17.3 Å². The fourth-order valence-corrected chi connectivity index (χ4v) is 4.09. The maximum Gasteiger partial charge on any atom is 0.336 e. The number of nitrogens with zero attached hydrogens (tertiary/aromatic N) is 3. The van der Waals surface area contributed by atoms with Gasteiger partial charge in [0, 0.05) is 30.7 Å². The Morgan fingerprint density at radius 3 is 2.88 bits per heavy atom. The fourth-order valence-electron chi connectivity index (χ4n) is 4.09. The molecule has 2 saturated carbocycles. The predicted molar refractivity (Wildman–Crippen MR) is 91.1 cm³/mol. The van der Waals surface area contributed by atoms with Crippen molar-refractivity contribution >= 4 is 12.3 Å². The lowest BCUT2D eigenvalue weighted by molar-refractivity contribution is -0.111. The van der Waals surface area contributed by atoms with Crippen molar-refractivity contribution < 1.29 is 9.59 Å². The van der Waals surface area contributed by atoms with Crippen LogP contribution in [0.15, 0.2) is 30.4 Å². The third-order valence-corrected chi connectivity index (χ3v) is 5.55. The molecule has 2 fully saturated rings. The van der Waals surface area contributed by atoms with E-state index in [1.54, 1.807) is 12.4 Å². The second-order valence-electron chi connectivity index (χ2n) is 8.21. The molecular weight excluding hydrogens is 318 g/mol. The van der Waals surface area contributed by atoms with Gasteiger partial charge in [0.1, 0.15) is 6.29 Å². The molecule has 4 rings (SSSR count). The largest absolute Gasteiger partial charge is 0.336 e. The summed E-state index contributed by atoms with van der Waals surface area (Å²) in [6, 6.07) is -0.643. The Bertz CT molecular complexity index is 727. The van der Waals surface area contributed by atoms with E-state index in [-0.39, 0.29) is 17.5 Å². The van der Waals surface area contributed by atoms with Crippen LogP contribution >= 0.6 is 0 Å². The van der Waals surface area contributed by atoms with E-state index in [4.69, 9.17) is 0 Å². The second-order valence-corrected chi connectivity index (χ2v) is 8.21. The Hall–Kier alpha value is -2.28. The number of carbonyl (C=O) groups is 2. The zero-order valence-electron chi connectivity index (χ0n) is 14.6. The van der Waals surface area contributed by atoms with Gasteiger partial charge in [-0.15, -0.1) is 0 Å². The number of carbonyl (C=O) groups excluding carboxylic acids is 2. The lowest BCUT2D eigenvalue weighted by atomic mass is 9.88. The maximum absolute atomic E-state index is 12.5. The van der Waals surface area contributed by atoms with Crippen LogP contribution in [0.4, 0.5) is 4.79 Å². The molecule has 0 aromatic carbocycles. The molecule has 25 heavy (non-hydrogen) atoms. The third kappa shape index (κ3) is 2.72. The van der Waals surface area contributed by atoms with Crippen molar-refractivity contribution in [1.29, 1.82) is 0 Å². The third-order valence-electron chi connectivity index (χ3n) is 5.55. The summed E-state index contributed by atoms with van der Waals surface area (Å²) < 4.78 is 0. The highest BCUT2D eigenvalue weighted by molar-refractivity contribution is 5.79. The van der Waals surface area contributed by atoms with Crippen molar-refractivity contribution in [3.05, 3.63) is 36.1 Å². The Labute approximate surface area is 146 Å². The first-order valence-electron chi connectivity index (χ1n) is 8.68. The van der Waals surface area contributed by atoms with Crippen molar-refractivity contribution in [2.75, 3.05) is 0 Å². The highest BCUT2D eigenvalue weighted by Crippen LogP contribution is 2.65. The molecule has 2 amide bonds. The summed E-state index contributed by atoms with van der Waals surface area (Å²) in [5, 5.41) is 4.29. The van der Waals surface area contributed by atoms with E-state index >= 15 is 0 Å². The second kappa shape index (κ2) is 5.62. The number of hydrazine groups is 1. The van der Waals surface area contributed by atoms with E-state index in [2.05, 4.69) is 20.7 Å². The zero-order valence-corrected chi connectivity index (χ0v) is 14.6. The molecule has 1 aliphatic heterocycles. The van der Waals surface area contributed by atoms with E-state index in [9.17, 15) is 9.59 Å². The first kappa shape index (κ1) is 16.2. The number of rotatable bonds is 3. The fraction of sp³-hybridized carbons (Fsp3) is 0.556. The number of nitrogens with one attached hydrogen (secondary N) is 2. The van der Waals surface area contributed by atoms with Gasteiger partial charge in [0.15, 0.2) is 0 Å². The summed E-state index contributed by atoms with van der Waals surface area (Å²) in [6.45, 7) is 5.78. The number of urea groups is 1. The van der Waals surface area contributed by atoms with Crippen molar-refractivity contribution in [3.8, 4) is 0 Å². The molecule has 0 radical (unpaired) electrons. The highest BCUT2D eigenvalue weighted by Gasteiger charge is 2.63. The van der Waals surface area contributed by atoms with Crippen LogP contribution in [0.2, 0.25) is 0 Å². The van der Waals surface area contributed by atoms with Gasteiger partial charge < -0.3 is 10.1 Å². The summed E-state index contributed by atoms with van der Waals surface area (Å²) in [5.41, 5.74) is 5.26. The van der Waals surface area contributed by atoms with E-state index in [0.717, 1.165) is 18.4 Å². The lowest BCUT2D eigenvalue weighted by Crippen LogP contribution is -2.52. The van der Waals surface area contributed by atoms with Gasteiger partial charge in [0.05, 0.1) is 17.8 Å². The molecule has 1 aromatic heterocycles. The number of hydrogen-bond donors (Lipinski definition) is 2. The summed E-state index contributed by atoms with van der Waals surface area (Å²) >= 11 is 0. The van der Waals surface area contributed by atoms with Gasteiger partial charge in [0.2, 0.25) is 0 Å². The molecule has 7 heteroatoms. The normalized spacial score (nSPS) is 31.0.